The summed E-state index contributed by atoms with van der Waals surface area (Å²) in [5.41, 5.74) is 9.83. The molecule has 0 spiro atoms. The van der Waals surface area contributed by atoms with Crippen molar-refractivity contribution in [3.63, 3.8) is 0 Å². The summed E-state index contributed by atoms with van der Waals surface area (Å²) < 4.78 is 29.0. The fourth-order valence-electron chi connectivity index (χ4n) is 5.16. The lowest BCUT2D eigenvalue weighted by atomic mass is 10.6. The standard InChI is InChI=1S/4C5H7NO.4C5H7NS.2C4H5NO.3C4H5NS/c2*1-4-3-7-5(2)6-4;2*1-4-3-6-5(2)7-4;2*1-4-3-7-5(2)6-4;2*1-4-3-6-5(2)7-4;1-4-2-6-3-5-4;1-4-2-5-3-6-4;1-4-2-6-3-5-4;1-4-2-5-3-6-4;1-4-5-2-3-6-4/h8*3H,1-2H3;5*2-3H,1H3. The van der Waals surface area contributed by atoms with Crippen molar-refractivity contribution in [1.29, 1.82) is 0 Å². The van der Waals surface area contributed by atoms with Crippen molar-refractivity contribution in [1.82, 2.24) is 64.8 Å². The lowest BCUT2D eigenvalue weighted by molar-refractivity contribution is 0.494. The SMILES string of the molecule is Cc1cnc(C)o1.Cc1cnc(C)o1.Cc1cnc(C)s1.Cc1cnc(C)s1.Cc1cnco1.Cc1cncs1.Cc1coc(C)n1.Cc1coc(C)n1.Cc1cocn1.Cc1csc(C)n1.Cc1csc(C)n1.Cc1cscn1.Cc1nccs1. The molecule has 13 aromatic rings. The van der Waals surface area contributed by atoms with Crippen molar-refractivity contribution < 1.29 is 26.5 Å². The molecule has 0 amide bonds. The Bertz CT molecular complexity index is 2770. The van der Waals surface area contributed by atoms with Crippen LogP contribution in [0.25, 0.3) is 0 Å². The van der Waals surface area contributed by atoms with Gasteiger partial charge in [-0.2, -0.15) is 0 Å². The molecule has 0 saturated heterocycles. The average Bonchev–Trinajstić information content (AvgIpc) is 4.28. The first kappa shape index (κ1) is 76.7. The lowest BCUT2D eigenvalue weighted by Gasteiger charge is -1.73. The minimum atomic E-state index is 0.734. The quantitative estimate of drug-likeness (QED) is 0.137. The number of rotatable bonds is 0. The maximum absolute atomic E-state index is 4.97. The van der Waals surface area contributed by atoms with E-state index in [1.807, 2.05) is 172 Å². The summed E-state index contributed by atoms with van der Waals surface area (Å²) in [6.45, 7) is 40.8. The Morgan fingerprint density at radius 1 is 0.326 bits per heavy atom. The number of nitrogens with zero attached hydrogens (tertiary/aromatic N) is 13. The molecular formula is C60H81N13O6S7. The second-order valence-electron chi connectivity index (χ2n) is 17.5. The molecule has 26 heteroatoms. The van der Waals surface area contributed by atoms with Crippen LogP contribution in [-0.2, 0) is 0 Å². The van der Waals surface area contributed by atoms with E-state index in [9.17, 15) is 0 Å². The van der Waals surface area contributed by atoms with Gasteiger partial charge in [-0.15, -0.1) is 79.4 Å². The van der Waals surface area contributed by atoms with E-state index < -0.39 is 0 Å². The van der Waals surface area contributed by atoms with Gasteiger partial charge >= 0.3 is 0 Å². The number of aromatic nitrogens is 13. The molecule has 86 heavy (non-hydrogen) atoms. The van der Waals surface area contributed by atoms with Crippen molar-refractivity contribution in [2.24, 2.45) is 0 Å². The predicted molar refractivity (Wildman–Crippen MR) is 353 cm³/mol. The van der Waals surface area contributed by atoms with Crippen LogP contribution in [0.15, 0.2) is 134 Å². The zero-order valence-electron chi connectivity index (χ0n) is 53.0. The molecular weight excluding hydrogens is 1220 g/mol. The summed E-state index contributed by atoms with van der Waals surface area (Å²) in [5.74, 6) is 5.54. The van der Waals surface area contributed by atoms with Crippen molar-refractivity contribution >= 4 is 79.4 Å². The molecule has 0 radical (unpaired) electrons. The molecule has 13 aromatic heterocycles. The van der Waals surface area contributed by atoms with E-state index in [1.165, 1.54) is 27.4 Å². The van der Waals surface area contributed by atoms with Gasteiger partial charge in [0.2, 0.25) is 0 Å². The van der Waals surface area contributed by atoms with E-state index in [4.69, 9.17) is 22.1 Å². The van der Waals surface area contributed by atoms with Gasteiger partial charge in [0.25, 0.3) is 0 Å². The number of hydrogen-bond donors (Lipinski definition) is 0. The van der Waals surface area contributed by atoms with Crippen molar-refractivity contribution in [3.05, 3.63) is 222 Å². The summed E-state index contributed by atoms with van der Waals surface area (Å²) >= 11 is 11.8. The third-order valence-corrected chi connectivity index (χ3v) is 14.2. The van der Waals surface area contributed by atoms with Crippen LogP contribution in [0.5, 0.6) is 0 Å². The molecule has 0 aliphatic carbocycles. The second-order valence-corrected chi connectivity index (χ2v) is 25.4. The predicted octanol–water partition coefficient (Wildman–Crippen LogP) is 18.5. The smallest absolute Gasteiger partial charge is 0.191 e. The Kier molecular flexibility index (Phi) is 41.0. The second kappa shape index (κ2) is 46.0. The van der Waals surface area contributed by atoms with Crippen LogP contribution in [0.2, 0.25) is 0 Å². The molecule has 0 bridgehead atoms. The zero-order valence-corrected chi connectivity index (χ0v) is 58.7. The van der Waals surface area contributed by atoms with Crippen LogP contribution in [0, 0.1) is 145 Å². The molecule has 0 aromatic carbocycles. The number of oxazole rings is 6. The topological polar surface area (TPSA) is 246 Å². The lowest BCUT2D eigenvalue weighted by Crippen LogP contribution is -1.67. The average molecular weight is 1300 g/mol. The molecule has 0 atom stereocenters. The van der Waals surface area contributed by atoms with Crippen LogP contribution in [-0.4, -0.2) is 64.8 Å². The van der Waals surface area contributed by atoms with Gasteiger partial charge in [-0.05, 0) is 118 Å². The Balaban J connectivity index is 0.000000466. The van der Waals surface area contributed by atoms with E-state index in [0.29, 0.717) is 0 Å². The molecule has 464 valence electrons. The number of hydrogen-bond acceptors (Lipinski definition) is 26. The third-order valence-electron chi connectivity index (χ3n) is 8.66. The molecule has 13 rings (SSSR count). The van der Waals surface area contributed by atoms with Gasteiger partial charge in [0, 0.05) is 106 Å². The van der Waals surface area contributed by atoms with E-state index in [2.05, 4.69) is 93.8 Å². The minimum Gasteiger partial charge on any atom is -0.452 e. The molecule has 0 saturated carbocycles. The number of aryl methyl sites for hydroxylation is 21. The summed E-state index contributed by atoms with van der Waals surface area (Å²) in [6, 6.07) is 0. The fraction of sp³-hybridized carbons (Fsp3) is 0.350. The summed E-state index contributed by atoms with van der Waals surface area (Å²) in [4.78, 5) is 54.9. The van der Waals surface area contributed by atoms with Gasteiger partial charge in [0.1, 0.15) is 36.1 Å². The normalized spacial score (nSPS) is 9.22. The van der Waals surface area contributed by atoms with Crippen LogP contribution < -0.4 is 0 Å². The monoisotopic (exact) mass is 1300 g/mol. The van der Waals surface area contributed by atoms with Crippen LogP contribution in [0.3, 0.4) is 0 Å². The van der Waals surface area contributed by atoms with Crippen LogP contribution >= 0.6 is 79.4 Å². The first-order valence-corrected chi connectivity index (χ1v) is 32.2. The first-order chi connectivity index (χ1) is 40.8. The highest BCUT2D eigenvalue weighted by Crippen LogP contribution is 2.10. The fourth-order valence-corrected chi connectivity index (χ4v) is 9.09. The van der Waals surface area contributed by atoms with Crippen molar-refractivity contribution in [2.45, 2.75) is 145 Å². The Labute approximate surface area is 534 Å². The molecule has 13 heterocycles. The highest BCUT2D eigenvalue weighted by Gasteiger charge is 1.92. The highest BCUT2D eigenvalue weighted by molar-refractivity contribution is 7.12. The first-order valence-electron chi connectivity index (χ1n) is 26.1. The van der Waals surface area contributed by atoms with Gasteiger partial charge in [-0.1, -0.05) is 0 Å². The third kappa shape index (κ3) is 44.2. The molecule has 19 nitrogen and oxygen atoms in total. The van der Waals surface area contributed by atoms with Gasteiger partial charge in [-0.25, -0.2) is 49.8 Å². The molecule has 0 unspecified atom stereocenters. The maximum Gasteiger partial charge on any atom is 0.191 e. The Hall–Kier alpha value is -7.33. The van der Waals surface area contributed by atoms with E-state index in [-0.39, 0.29) is 0 Å². The summed E-state index contributed by atoms with van der Waals surface area (Å²) in [6.07, 6.45) is 20.2. The van der Waals surface area contributed by atoms with Crippen LogP contribution in [0.1, 0.15) is 115 Å². The molecule has 0 fully saturated rings. The Morgan fingerprint density at radius 3 is 0.953 bits per heavy atom. The zero-order chi connectivity index (χ0) is 64.2. The van der Waals surface area contributed by atoms with Gasteiger partial charge in [-0.3, -0.25) is 15.0 Å². The van der Waals surface area contributed by atoms with Gasteiger partial charge in [0.05, 0.1) is 71.7 Å². The molecule has 0 aliphatic heterocycles. The highest BCUT2D eigenvalue weighted by atomic mass is 32.1. The largest absolute Gasteiger partial charge is 0.452 e. The maximum atomic E-state index is 4.97. The number of thiazole rings is 7. The summed E-state index contributed by atoms with van der Waals surface area (Å²) in [7, 11) is 0. The molecule has 0 N–H and O–H groups in total. The summed E-state index contributed by atoms with van der Waals surface area (Å²) in [5, 5.41) is 13.8. The van der Waals surface area contributed by atoms with Crippen molar-refractivity contribution in [3.8, 4) is 0 Å². The van der Waals surface area contributed by atoms with E-state index >= 15 is 0 Å². The van der Waals surface area contributed by atoms with Crippen molar-refractivity contribution in [2.75, 3.05) is 0 Å². The molecule has 0 aliphatic rings. The Morgan fingerprint density at radius 2 is 0.849 bits per heavy atom. The van der Waals surface area contributed by atoms with E-state index in [1.54, 1.807) is 123 Å². The van der Waals surface area contributed by atoms with Crippen LogP contribution in [0.4, 0.5) is 0 Å². The minimum absolute atomic E-state index is 0.734. The van der Waals surface area contributed by atoms with Gasteiger partial charge < -0.3 is 26.5 Å². The van der Waals surface area contributed by atoms with E-state index in [0.717, 1.165) is 100 Å². The van der Waals surface area contributed by atoms with Gasteiger partial charge in [0.15, 0.2) is 36.4 Å².